The molecule has 5 heteroatoms. The van der Waals surface area contributed by atoms with Crippen molar-refractivity contribution < 1.29 is 14.6 Å². The summed E-state index contributed by atoms with van der Waals surface area (Å²) in [5.41, 5.74) is 7.46. The first kappa shape index (κ1) is 14.8. The van der Waals surface area contributed by atoms with Crippen LogP contribution in [0.5, 0.6) is 11.5 Å². The van der Waals surface area contributed by atoms with Gasteiger partial charge in [-0.2, -0.15) is 0 Å². The van der Waals surface area contributed by atoms with E-state index < -0.39 is 0 Å². The topological polar surface area (TPSA) is 76.7 Å². The molecule has 4 N–H and O–H groups in total. The van der Waals surface area contributed by atoms with Crippen LogP contribution in [0, 0.1) is 5.41 Å². The third-order valence-corrected chi connectivity index (χ3v) is 4.21. The van der Waals surface area contributed by atoms with Gasteiger partial charge in [-0.25, -0.2) is 0 Å². The highest BCUT2D eigenvalue weighted by molar-refractivity contribution is 5.72. The second-order valence-corrected chi connectivity index (χ2v) is 5.51. The number of methoxy groups -OCH3 is 2. The van der Waals surface area contributed by atoms with Crippen LogP contribution in [-0.2, 0) is 0 Å². The summed E-state index contributed by atoms with van der Waals surface area (Å²) in [5.74, 6) is 1.27. The Balaban J connectivity index is 2.13. The maximum Gasteiger partial charge on any atom is 0.162 e. The van der Waals surface area contributed by atoms with E-state index >= 15 is 0 Å². The van der Waals surface area contributed by atoms with Gasteiger partial charge in [0.05, 0.1) is 32.2 Å². The summed E-state index contributed by atoms with van der Waals surface area (Å²) in [5, 5.41) is 13.0. The molecule has 5 nitrogen and oxygen atoms in total. The van der Waals surface area contributed by atoms with Gasteiger partial charge in [-0.05, 0) is 12.8 Å². The molecule has 1 aliphatic rings. The van der Waals surface area contributed by atoms with Gasteiger partial charge in [-0.15, -0.1) is 0 Å². The average Bonchev–Trinajstić information content (AvgIpc) is 2.95. The van der Waals surface area contributed by atoms with Gasteiger partial charge >= 0.3 is 0 Å². The number of nitrogens with two attached hydrogens (primary N) is 1. The van der Waals surface area contributed by atoms with Crippen molar-refractivity contribution in [1.29, 1.82) is 0 Å². The van der Waals surface area contributed by atoms with Crippen LogP contribution in [-0.4, -0.2) is 32.5 Å². The van der Waals surface area contributed by atoms with E-state index in [0.29, 0.717) is 17.2 Å². The summed E-state index contributed by atoms with van der Waals surface area (Å²) in [7, 11) is 3.19. The predicted molar refractivity (Wildman–Crippen MR) is 80.4 cm³/mol. The minimum absolute atomic E-state index is 0.0143. The van der Waals surface area contributed by atoms with Gasteiger partial charge in [0.2, 0.25) is 0 Å². The maximum atomic E-state index is 9.63. The standard InChI is InChI=1S/C15H24N2O3/c1-19-13-7-11(16)12(8-14(13)20-2)17-9-15(10-18)5-3-4-6-15/h7-8,17-18H,3-6,9-10,16H2,1-2H3. The van der Waals surface area contributed by atoms with Crippen molar-refractivity contribution in [1.82, 2.24) is 0 Å². The van der Waals surface area contributed by atoms with Gasteiger partial charge < -0.3 is 25.6 Å². The number of nitrogens with one attached hydrogen (secondary N) is 1. The van der Waals surface area contributed by atoms with Gasteiger partial charge in [0, 0.05) is 24.1 Å². The van der Waals surface area contributed by atoms with E-state index in [1.165, 1.54) is 12.8 Å². The van der Waals surface area contributed by atoms with Crippen LogP contribution in [0.2, 0.25) is 0 Å². The van der Waals surface area contributed by atoms with Crippen LogP contribution >= 0.6 is 0 Å². The lowest BCUT2D eigenvalue weighted by molar-refractivity contribution is 0.142. The molecular formula is C15H24N2O3. The van der Waals surface area contributed by atoms with E-state index in [1.54, 1.807) is 20.3 Å². The van der Waals surface area contributed by atoms with E-state index in [2.05, 4.69) is 5.32 Å². The Morgan fingerprint density at radius 1 is 1.20 bits per heavy atom. The quantitative estimate of drug-likeness (QED) is 0.697. The molecule has 0 heterocycles. The molecule has 0 radical (unpaired) electrons. The largest absolute Gasteiger partial charge is 0.493 e. The zero-order valence-corrected chi connectivity index (χ0v) is 12.2. The third-order valence-electron chi connectivity index (χ3n) is 4.21. The minimum atomic E-state index is -0.0143. The number of aliphatic hydroxyl groups excluding tert-OH is 1. The number of ether oxygens (including phenoxy) is 2. The van der Waals surface area contributed by atoms with Crippen LogP contribution < -0.4 is 20.5 Å². The van der Waals surface area contributed by atoms with E-state index in [9.17, 15) is 5.11 Å². The Labute approximate surface area is 120 Å². The number of hydrogen-bond donors (Lipinski definition) is 3. The van der Waals surface area contributed by atoms with Crippen molar-refractivity contribution in [2.45, 2.75) is 25.7 Å². The lowest BCUT2D eigenvalue weighted by atomic mass is 9.87. The van der Waals surface area contributed by atoms with Crippen molar-refractivity contribution in [3.63, 3.8) is 0 Å². The van der Waals surface area contributed by atoms with Crippen LogP contribution in [0.25, 0.3) is 0 Å². The second-order valence-electron chi connectivity index (χ2n) is 5.51. The number of anilines is 2. The molecule has 0 atom stereocenters. The molecule has 0 aromatic heterocycles. The fraction of sp³-hybridized carbons (Fsp3) is 0.600. The zero-order chi connectivity index (χ0) is 14.6. The molecule has 1 aromatic carbocycles. The minimum Gasteiger partial charge on any atom is -0.493 e. The lowest BCUT2D eigenvalue weighted by Gasteiger charge is -2.27. The summed E-state index contributed by atoms with van der Waals surface area (Å²) in [4.78, 5) is 0. The molecule has 0 bridgehead atoms. The molecule has 1 fully saturated rings. The Morgan fingerprint density at radius 3 is 2.35 bits per heavy atom. The second kappa shape index (κ2) is 6.22. The monoisotopic (exact) mass is 280 g/mol. The normalized spacial score (nSPS) is 16.9. The first-order valence-electron chi connectivity index (χ1n) is 7.00. The highest BCUT2D eigenvalue weighted by Crippen LogP contribution is 2.39. The van der Waals surface area contributed by atoms with E-state index in [0.717, 1.165) is 25.1 Å². The van der Waals surface area contributed by atoms with E-state index in [4.69, 9.17) is 15.2 Å². The zero-order valence-electron chi connectivity index (χ0n) is 12.2. The van der Waals surface area contributed by atoms with Gasteiger partial charge in [0.15, 0.2) is 11.5 Å². The molecule has 0 unspecified atom stereocenters. The fourth-order valence-electron chi connectivity index (χ4n) is 2.85. The molecule has 0 amide bonds. The molecule has 0 aliphatic heterocycles. The summed E-state index contributed by atoms with van der Waals surface area (Å²) in [6.07, 6.45) is 4.49. The smallest absolute Gasteiger partial charge is 0.162 e. The van der Waals surface area contributed by atoms with E-state index in [1.807, 2.05) is 6.07 Å². The third kappa shape index (κ3) is 2.93. The number of rotatable bonds is 6. The van der Waals surface area contributed by atoms with Crippen molar-refractivity contribution in [2.24, 2.45) is 5.41 Å². The van der Waals surface area contributed by atoms with Crippen molar-refractivity contribution >= 4 is 11.4 Å². The molecule has 0 spiro atoms. The first-order valence-corrected chi connectivity index (χ1v) is 7.00. The number of hydrogen-bond acceptors (Lipinski definition) is 5. The SMILES string of the molecule is COc1cc(N)c(NCC2(CO)CCCC2)cc1OC. The highest BCUT2D eigenvalue weighted by Gasteiger charge is 2.33. The van der Waals surface area contributed by atoms with Crippen LogP contribution in [0.4, 0.5) is 11.4 Å². The number of aliphatic hydroxyl groups is 1. The average molecular weight is 280 g/mol. The summed E-state index contributed by atoms with van der Waals surface area (Å²) >= 11 is 0. The van der Waals surface area contributed by atoms with Crippen LogP contribution in [0.3, 0.4) is 0 Å². The first-order chi connectivity index (χ1) is 9.64. The molecule has 1 aromatic rings. The van der Waals surface area contributed by atoms with Crippen LogP contribution in [0.1, 0.15) is 25.7 Å². The van der Waals surface area contributed by atoms with Gasteiger partial charge in [0.25, 0.3) is 0 Å². The Bertz CT molecular complexity index is 457. The van der Waals surface area contributed by atoms with Crippen molar-refractivity contribution in [3.8, 4) is 11.5 Å². The Hall–Kier alpha value is -1.62. The summed E-state index contributed by atoms with van der Waals surface area (Å²) < 4.78 is 10.5. The fourth-order valence-corrected chi connectivity index (χ4v) is 2.85. The van der Waals surface area contributed by atoms with Gasteiger partial charge in [0.1, 0.15) is 0 Å². The molecule has 0 saturated heterocycles. The number of benzene rings is 1. The van der Waals surface area contributed by atoms with Crippen molar-refractivity contribution in [2.75, 3.05) is 38.4 Å². The summed E-state index contributed by atoms with van der Waals surface area (Å²) in [6.45, 7) is 0.941. The number of nitrogen functional groups attached to an aromatic ring is 1. The predicted octanol–water partition coefficient (Wildman–Crippen LogP) is 2.25. The lowest BCUT2D eigenvalue weighted by Crippen LogP contribution is -2.30. The van der Waals surface area contributed by atoms with Gasteiger partial charge in [-0.1, -0.05) is 12.8 Å². The summed E-state index contributed by atoms with van der Waals surface area (Å²) in [6, 6.07) is 3.59. The molecule has 112 valence electrons. The van der Waals surface area contributed by atoms with Gasteiger partial charge in [-0.3, -0.25) is 0 Å². The highest BCUT2D eigenvalue weighted by atomic mass is 16.5. The molecule has 1 saturated carbocycles. The Kier molecular flexibility index (Phi) is 4.60. The molecular weight excluding hydrogens is 256 g/mol. The molecule has 2 rings (SSSR count). The maximum absolute atomic E-state index is 9.63. The molecule has 20 heavy (non-hydrogen) atoms. The van der Waals surface area contributed by atoms with Crippen molar-refractivity contribution in [3.05, 3.63) is 12.1 Å². The Morgan fingerprint density at radius 2 is 1.80 bits per heavy atom. The van der Waals surface area contributed by atoms with Crippen LogP contribution in [0.15, 0.2) is 12.1 Å². The van der Waals surface area contributed by atoms with E-state index in [-0.39, 0.29) is 12.0 Å². The molecule has 1 aliphatic carbocycles.